The number of amides is 8. The molecule has 3 unspecified atom stereocenters. The molecule has 8 saturated heterocycles. The third kappa shape index (κ3) is 24.5. The van der Waals surface area contributed by atoms with Crippen LogP contribution in [-0.2, 0) is 19.2 Å². The molecule has 658 valence electrons. The SMILES string of the molecule is CCN(CC)C1CCN(C(=O)Oc2cc(F)ccc2/C=C2\SC(N3CCCCN3)=NC2=O)C1.CN(C)C1CCN(C(=O)Oc2cc(F)ccc2/C=C2\SC(N3CCCCN3)=NC2=O)C1.CN(C)C1CCN(C(=O)Oc2cc(F)ccc2/C=C2\SC(N3CCCCN3)=NC2=O)C1.O=C1N=C(N2CCCCN2)S/C1=C\c1ccc(F)cc1OC(=O)N1CCCC1. The standard InChI is InChI=1S/C23H30FN5O3S.2C21H26FN5O3S.C19H21FN4O3S/c1-3-27(4-2)18-9-12-28(15-18)23(31)32-19-14-17(24)8-7-16(19)13-20-21(30)26-22(33-20)29-11-6-5-10-25-29;2*1-25(2)16-7-10-26(13-16)21(29)30-17-12-15(22)6-5-14(17)11-18-19(28)24-20(31-18)27-9-4-3-8-23-27;20-14-6-5-13(15(12-14)27-19(26)23-8-3-4-9-23)11-16-17(25)22-18(28-16)24-10-2-1-7-21-24/h7-8,13-14,18,25H,3-6,9-12,15H2,1-2H3;2*5-6,11-12,16,23H,3-4,7-10,13H2,1-2H3;5-6,11-12,21H,1-4,7-10H2/b20-13-;2*18-11-;16-11-. The van der Waals surface area contributed by atoms with Crippen LogP contribution in [0.1, 0.15) is 120 Å². The van der Waals surface area contributed by atoms with Crippen LogP contribution in [0.25, 0.3) is 24.3 Å². The van der Waals surface area contributed by atoms with E-state index in [4.69, 9.17) is 18.9 Å². The van der Waals surface area contributed by atoms with E-state index in [2.05, 4.69) is 70.2 Å². The Morgan fingerprint density at radius 1 is 0.374 bits per heavy atom. The van der Waals surface area contributed by atoms with Crippen LogP contribution in [0.2, 0.25) is 0 Å². The van der Waals surface area contributed by atoms with Gasteiger partial charge in [0.05, 0.1) is 19.6 Å². The van der Waals surface area contributed by atoms with Crippen molar-refractivity contribution in [2.24, 2.45) is 20.0 Å². The molecule has 0 aliphatic carbocycles. The van der Waals surface area contributed by atoms with Crippen molar-refractivity contribution in [3.63, 3.8) is 0 Å². The molecule has 39 heteroatoms. The second-order valence-corrected chi connectivity index (χ2v) is 35.1. The molecular weight excluding hydrogens is 1670 g/mol. The number of amidine groups is 4. The molecule has 0 radical (unpaired) electrons. The van der Waals surface area contributed by atoms with Crippen molar-refractivity contribution in [1.29, 1.82) is 0 Å². The van der Waals surface area contributed by atoms with Crippen LogP contribution in [0.5, 0.6) is 23.0 Å². The maximum absolute atomic E-state index is 14.0. The van der Waals surface area contributed by atoms with E-state index in [1.807, 2.05) is 48.2 Å². The summed E-state index contributed by atoms with van der Waals surface area (Å²) >= 11 is 5.03. The molecule has 0 saturated carbocycles. The lowest BCUT2D eigenvalue weighted by Gasteiger charge is -2.28. The van der Waals surface area contributed by atoms with Gasteiger partial charge in [0.2, 0.25) is 0 Å². The monoisotopic (exact) mass is 1770 g/mol. The maximum atomic E-state index is 14.0. The molecule has 12 heterocycles. The van der Waals surface area contributed by atoms with Gasteiger partial charge in [0.25, 0.3) is 23.6 Å². The number of hydrazine groups is 4. The van der Waals surface area contributed by atoms with Gasteiger partial charge < -0.3 is 48.3 Å². The number of likely N-dealkylation sites (N-methyl/N-ethyl adjacent to an activating group) is 3. The van der Waals surface area contributed by atoms with Gasteiger partial charge in [-0.2, -0.15) is 20.0 Å². The third-order valence-electron chi connectivity index (χ3n) is 22.1. The Morgan fingerprint density at radius 2 is 0.626 bits per heavy atom. The number of rotatable bonds is 13. The van der Waals surface area contributed by atoms with Gasteiger partial charge in [-0.05, 0) is 245 Å². The predicted molar refractivity (Wildman–Crippen MR) is 469 cm³/mol. The molecule has 8 amide bonds. The zero-order chi connectivity index (χ0) is 86.8. The molecule has 0 aromatic heterocycles. The van der Waals surface area contributed by atoms with E-state index in [-0.39, 0.29) is 58.7 Å². The molecule has 0 bridgehead atoms. The summed E-state index contributed by atoms with van der Waals surface area (Å²) in [5.74, 6) is -3.11. The molecule has 8 fully saturated rings. The molecule has 3 atom stereocenters. The van der Waals surface area contributed by atoms with E-state index in [0.717, 1.165) is 149 Å². The fourth-order valence-electron chi connectivity index (χ4n) is 15.0. The highest BCUT2D eigenvalue weighted by molar-refractivity contribution is 8.19. The van der Waals surface area contributed by atoms with Crippen LogP contribution in [0, 0.1) is 23.3 Å². The largest absolute Gasteiger partial charge is 0.415 e. The van der Waals surface area contributed by atoms with Gasteiger partial charge in [0.1, 0.15) is 46.3 Å². The van der Waals surface area contributed by atoms with E-state index in [1.165, 1.54) is 120 Å². The van der Waals surface area contributed by atoms with Crippen molar-refractivity contribution in [2.75, 3.05) is 146 Å². The summed E-state index contributed by atoms with van der Waals surface area (Å²) in [6.45, 7) is 17.3. The van der Waals surface area contributed by atoms with Crippen molar-refractivity contribution in [3.05, 3.63) is 138 Å². The number of nitrogens with zero attached hydrogens (tertiary/aromatic N) is 15. The summed E-state index contributed by atoms with van der Waals surface area (Å²) < 4.78 is 77.6. The van der Waals surface area contributed by atoms with E-state index in [9.17, 15) is 55.9 Å². The minimum atomic E-state index is -0.519. The summed E-state index contributed by atoms with van der Waals surface area (Å²) in [4.78, 5) is 131. The summed E-state index contributed by atoms with van der Waals surface area (Å²) in [6, 6.07) is 16.7. The lowest BCUT2D eigenvalue weighted by Crippen LogP contribution is -2.45. The van der Waals surface area contributed by atoms with Crippen molar-refractivity contribution in [2.45, 2.75) is 115 Å². The van der Waals surface area contributed by atoms with Gasteiger partial charge in [0.15, 0.2) is 20.7 Å². The summed E-state index contributed by atoms with van der Waals surface area (Å²) in [7, 11) is 7.90. The average Bonchev–Trinajstić information content (AvgIpc) is 1.72. The number of carbonyl (C=O) groups excluding carboxylic acids is 8. The Morgan fingerprint density at radius 3 is 0.870 bits per heavy atom. The molecule has 12 aliphatic rings. The molecule has 31 nitrogen and oxygen atoms in total. The number of hydrogen-bond acceptors (Lipinski definition) is 27. The van der Waals surface area contributed by atoms with E-state index in [0.29, 0.717) is 121 Å². The van der Waals surface area contributed by atoms with Crippen molar-refractivity contribution in [1.82, 2.24) is 76.0 Å². The molecule has 4 N–H and O–H groups in total. The minimum Gasteiger partial charge on any atom is -0.409 e. The van der Waals surface area contributed by atoms with Gasteiger partial charge >= 0.3 is 24.4 Å². The Hall–Kier alpha value is -9.68. The van der Waals surface area contributed by atoms with E-state index in [1.54, 1.807) is 43.9 Å². The van der Waals surface area contributed by atoms with Crippen molar-refractivity contribution >= 4 is 140 Å². The molecule has 4 aromatic carbocycles. The van der Waals surface area contributed by atoms with Crippen LogP contribution in [0.3, 0.4) is 0 Å². The topological polar surface area (TPSA) is 307 Å². The van der Waals surface area contributed by atoms with Crippen molar-refractivity contribution in [3.8, 4) is 23.0 Å². The predicted octanol–water partition coefficient (Wildman–Crippen LogP) is 11.4. The first kappa shape index (κ1) is 91.0. The summed E-state index contributed by atoms with van der Waals surface area (Å²) in [5, 5.41) is 9.94. The summed E-state index contributed by atoms with van der Waals surface area (Å²) in [6.07, 6.45) is 17.3. The molecule has 16 rings (SSSR count). The molecular formula is C84H103F4N19O12S4. The van der Waals surface area contributed by atoms with Gasteiger partial charge in [-0.3, -0.25) is 44.1 Å². The summed E-state index contributed by atoms with van der Waals surface area (Å²) in [5.41, 5.74) is 14.8. The average molecular weight is 1780 g/mol. The molecule has 0 spiro atoms. The molecule has 4 aromatic rings. The first-order chi connectivity index (χ1) is 59.4. The fourth-order valence-corrected chi connectivity index (χ4v) is 18.7. The third-order valence-corrected chi connectivity index (χ3v) is 26.1. The number of carbonyl (C=O) groups is 8. The first-order valence-corrected chi connectivity index (χ1v) is 44.9. The van der Waals surface area contributed by atoms with Crippen LogP contribution < -0.4 is 40.7 Å². The van der Waals surface area contributed by atoms with Crippen LogP contribution in [0.15, 0.2) is 112 Å². The number of hydrogen-bond donors (Lipinski definition) is 4. The minimum absolute atomic E-state index is 0.0868. The van der Waals surface area contributed by atoms with Gasteiger partial charge in [-0.15, -0.1) is 0 Å². The normalized spacial score (nSPS) is 22.5. The quantitative estimate of drug-likeness (QED) is 0.0714. The highest BCUT2D eigenvalue weighted by atomic mass is 32.2. The first-order valence-electron chi connectivity index (χ1n) is 41.7. The maximum Gasteiger partial charge on any atom is 0.415 e. The number of halogens is 4. The van der Waals surface area contributed by atoms with Gasteiger partial charge in [0, 0.05) is 169 Å². The number of aliphatic imine (C=N–C) groups is 4. The molecule has 123 heavy (non-hydrogen) atoms. The Balaban J connectivity index is 0.000000141. The number of benzene rings is 4. The Bertz CT molecular complexity index is 4700. The van der Waals surface area contributed by atoms with Gasteiger partial charge in [-0.25, -0.2) is 58.4 Å². The van der Waals surface area contributed by atoms with E-state index >= 15 is 0 Å². The van der Waals surface area contributed by atoms with E-state index < -0.39 is 47.6 Å². The van der Waals surface area contributed by atoms with Crippen molar-refractivity contribution < 1.29 is 74.9 Å². The fraction of sp³-hybridized carbons (Fsp3) is 0.476. The lowest BCUT2D eigenvalue weighted by atomic mass is 10.2. The second kappa shape index (κ2) is 43.3. The van der Waals surface area contributed by atoms with Crippen LogP contribution >= 0.6 is 47.0 Å². The zero-order valence-electron chi connectivity index (χ0n) is 69.6. The second-order valence-electron chi connectivity index (χ2n) is 31.0. The smallest absolute Gasteiger partial charge is 0.409 e. The number of nitrogens with one attached hydrogen (secondary N) is 4. The highest BCUT2D eigenvalue weighted by Gasteiger charge is 2.37. The Kier molecular flexibility index (Phi) is 32.0. The lowest BCUT2D eigenvalue weighted by molar-refractivity contribution is -0.114. The number of likely N-dealkylation sites (tertiary alicyclic amines) is 4. The van der Waals surface area contributed by atoms with Crippen LogP contribution in [0.4, 0.5) is 36.7 Å². The highest BCUT2D eigenvalue weighted by Crippen LogP contribution is 2.39. The van der Waals surface area contributed by atoms with Crippen LogP contribution in [-0.4, -0.2) is 287 Å². The number of ether oxygens (including phenoxy) is 4. The van der Waals surface area contributed by atoms with Gasteiger partial charge in [-0.1, -0.05) is 13.8 Å². The Labute approximate surface area is 729 Å². The zero-order valence-corrected chi connectivity index (χ0v) is 72.9. The molecule has 12 aliphatic heterocycles. The number of thioether (sulfide) groups is 4.